The van der Waals surface area contributed by atoms with Crippen molar-refractivity contribution in [2.45, 2.75) is 52.4 Å². The Bertz CT molecular complexity index is 500. The number of carboxylic acid groups (broad SMARTS) is 1. The zero-order valence-corrected chi connectivity index (χ0v) is 12.4. The summed E-state index contributed by atoms with van der Waals surface area (Å²) in [4.78, 5) is 15.0. The molecule has 0 amide bonds. The Kier molecular flexibility index (Phi) is 3.99. The molecule has 0 spiro atoms. The monoisotopic (exact) mass is 278 g/mol. The first-order valence-corrected chi connectivity index (χ1v) is 6.93. The number of carbonyl (C=O) groups is 1. The Labute approximate surface area is 119 Å². The Morgan fingerprint density at radius 3 is 2.75 bits per heavy atom. The van der Waals surface area contributed by atoms with E-state index in [0.29, 0.717) is 5.82 Å². The third kappa shape index (κ3) is 2.93. The minimum atomic E-state index is -1.01. The van der Waals surface area contributed by atoms with Gasteiger partial charge in [-0.25, -0.2) is 9.78 Å². The molecule has 1 heterocycles. The highest BCUT2D eigenvalue weighted by Gasteiger charge is 2.49. The second kappa shape index (κ2) is 5.40. The quantitative estimate of drug-likeness (QED) is 0.866. The number of hydrogen-bond donors (Lipinski definition) is 2. The molecule has 0 saturated heterocycles. The Balaban J connectivity index is 2.02. The van der Waals surface area contributed by atoms with E-state index in [1.807, 2.05) is 13.8 Å². The van der Waals surface area contributed by atoms with E-state index in [-0.39, 0.29) is 29.4 Å². The summed E-state index contributed by atoms with van der Waals surface area (Å²) in [5.41, 5.74) is 0.0626. The van der Waals surface area contributed by atoms with Crippen LogP contribution < -0.4 is 5.32 Å². The molecule has 5 heteroatoms. The lowest BCUT2D eigenvalue weighted by atomic mass is 9.64. The Morgan fingerprint density at radius 2 is 2.20 bits per heavy atom. The third-order valence-corrected chi connectivity index (χ3v) is 3.90. The van der Waals surface area contributed by atoms with Crippen LogP contribution >= 0.6 is 0 Å². The fraction of sp³-hybridized carbons (Fsp3) is 0.600. The van der Waals surface area contributed by atoms with Crippen molar-refractivity contribution < 1.29 is 14.6 Å². The molecule has 1 fully saturated rings. The van der Waals surface area contributed by atoms with Gasteiger partial charge in [-0.3, -0.25) is 0 Å². The summed E-state index contributed by atoms with van der Waals surface area (Å²) in [7, 11) is 0. The normalized spacial score (nSPS) is 24.2. The highest BCUT2D eigenvalue weighted by molar-refractivity contribution is 5.85. The van der Waals surface area contributed by atoms with Crippen LogP contribution in [-0.2, 0) is 4.74 Å². The summed E-state index contributed by atoms with van der Waals surface area (Å²) in [6.45, 7) is 8.38. The molecule has 2 N–H and O–H groups in total. The fourth-order valence-corrected chi connectivity index (χ4v) is 2.50. The molecule has 0 aromatic carbocycles. The maximum atomic E-state index is 10.9. The van der Waals surface area contributed by atoms with E-state index in [9.17, 15) is 4.79 Å². The zero-order chi connectivity index (χ0) is 14.9. The van der Waals surface area contributed by atoms with Crippen LogP contribution in [0.4, 0.5) is 5.82 Å². The van der Waals surface area contributed by atoms with Crippen molar-refractivity contribution in [3.8, 4) is 0 Å². The van der Waals surface area contributed by atoms with Gasteiger partial charge in [0.25, 0.3) is 0 Å². The van der Waals surface area contributed by atoms with Gasteiger partial charge in [0.05, 0.1) is 12.2 Å². The predicted octanol–water partition coefficient (Wildman–Crippen LogP) is 2.78. The smallest absolute Gasteiger partial charge is 0.354 e. The van der Waals surface area contributed by atoms with Crippen LogP contribution in [0.15, 0.2) is 18.2 Å². The lowest BCUT2D eigenvalue weighted by molar-refractivity contribution is -0.125. The van der Waals surface area contributed by atoms with Crippen molar-refractivity contribution in [2.24, 2.45) is 5.41 Å². The molecular weight excluding hydrogens is 256 g/mol. The van der Waals surface area contributed by atoms with Crippen molar-refractivity contribution in [3.05, 3.63) is 23.9 Å². The molecule has 5 nitrogen and oxygen atoms in total. The zero-order valence-electron chi connectivity index (χ0n) is 12.4. The molecule has 1 aliphatic carbocycles. The number of nitrogens with one attached hydrogen (secondary N) is 1. The van der Waals surface area contributed by atoms with Crippen molar-refractivity contribution >= 4 is 11.8 Å². The van der Waals surface area contributed by atoms with Crippen LogP contribution in [-0.4, -0.2) is 34.3 Å². The highest BCUT2D eigenvalue weighted by atomic mass is 16.5. The highest BCUT2D eigenvalue weighted by Crippen LogP contribution is 2.44. The molecule has 2 rings (SSSR count). The van der Waals surface area contributed by atoms with Gasteiger partial charge < -0.3 is 15.2 Å². The van der Waals surface area contributed by atoms with Gasteiger partial charge in [0.15, 0.2) is 5.69 Å². The molecule has 1 saturated carbocycles. The average Bonchev–Trinajstić information content (AvgIpc) is 2.37. The third-order valence-electron chi connectivity index (χ3n) is 3.90. The van der Waals surface area contributed by atoms with E-state index < -0.39 is 5.97 Å². The molecule has 1 aliphatic rings. The fourth-order valence-electron chi connectivity index (χ4n) is 2.50. The predicted molar refractivity (Wildman–Crippen MR) is 77.0 cm³/mol. The lowest BCUT2D eigenvalue weighted by Gasteiger charge is -2.52. The molecule has 1 aromatic heterocycles. The van der Waals surface area contributed by atoms with Gasteiger partial charge in [-0.2, -0.15) is 0 Å². The van der Waals surface area contributed by atoms with E-state index in [1.54, 1.807) is 12.1 Å². The van der Waals surface area contributed by atoms with Gasteiger partial charge in [0, 0.05) is 11.5 Å². The standard InChI is InChI=1S/C15H22N2O3/c1-9(2)20-12-8-11(15(12,3)4)17-13-7-5-6-10(16-13)14(18)19/h5-7,9,11-12H,8H2,1-4H3,(H,16,17)(H,18,19). The van der Waals surface area contributed by atoms with E-state index in [0.717, 1.165) is 6.42 Å². The second-order valence-electron chi connectivity index (χ2n) is 6.14. The molecule has 0 aliphatic heterocycles. The molecular formula is C15H22N2O3. The largest absolute Gasteiger partial charge is 0.477 e. The number of rotatable bonds is 5. The van der Waals surface area contributed by atoms with Gasteiger partial charge in [0.1, 0.15) is 5.82 Å². The SMILES string of the molecule is CC(C)OC1CC(Nc2cccc(C(=O)O)n2)C1(C)C. The number of pyridine rings is 1. The molecule has 0 radical (unpaired) electrons. The van der Waals surface area contributed by atoms with Crippen LogP contribution in [0.3, 0.4) is 0 Å². The minimum Gasteiger partial charge on any atom is -0.477 e. The van der Waals surface area contributed by atoms with Crippen molar-refractivity contribution in [1.29, 1.82) is 0 Å². The Hall–Kier alpha value is -1.62. The number of anilines is 1. The summed E-state index contributed by atoms with van der Waals surface area (Å²) < 4.78 is 5.88. The molecule has 2 unspecified atom stereocenters. The first-order chi connectivity index (χ1) is 9.30. The average molecular weight is 278 g/mol. The number of nitrogens with zero attached hydrogens (tertiary/aromatic N) is 1. The maximum absolute atomic E-state index is 10.9. The van der Waals surface area contributed by atoms with Crippen molar-refractivity contribution in [1.82, 2.24) is 4.98 Å². The molecule has 0 bridgehead atoms. The van der Waals surface area contributed by atoms with Crippen LogP contribution in [0.5, 0.6) is 0 Å². The summed E-state index contributed by atoms with van der Waals surface area (Å²) in [6, 6.07) is 5.22. The van der Waals surface area contributed by atoms with Gasteiger partial charge in [-0.1, -0.05) is 19.9 Å². The maximum Gasteiger partial charge on any atom is 0.354 e. The topological polar surface area (TPSA) is 71.5 Å². The first kappa shape index (κ1) is 14.8. The van der Waals surface area contributed by atoms with Gasteiger partial charge in [-0.15, -0.1) is 0 Å². The molecule has 2 atom stereocenters. The number of carboxylic acids is 1. The number of aromatic carboxylic acids is 1. The molecule has 20 heavy (non-hydrogen) atoms. The number of hydrogen-bond acceptors (Lipinski definition) is 4. The van der Waals surface area contributed by atoms with Crippen LogP contribution in [0.1, 0.15) is 44.6 Å². The van der Waals surface area contributed by atoms with E-state index in [4.69, 9.17) is 9.84 Å². The van der Waals surface area contributed by atoms with Gasteiger partial charge in [0.2, 0.25) is 0 Å². The van der Waals surface area contributed by atoms with Gasteiger partial charge >= 0.3 is 5.97 Å². The molecule has 110 valence electrons. The first-order valence-electron chi connectivity index (χ1n) is 6.93. The molecule has 1 aromatic rings. The number of aromatic nitrogens is 1. The van der Waals surface area contributed by atoms with Crippen LogP contribution in [0.25, 0.3) is 0 Å². The minimum absolute atomic E-state index is 0.00514. The summed E-state index contributed by atoms with van der Waals surface area (Å²) in [5, 5.41) is 12.3. The second-order valence-corrected chi connectivity index (χ2v) is 6.14. The van der Waals surface area contributed by atoms with Crippen LogP contribution in [0, 0.1) is 5.41 Å². The summed E-state index contributed by atoms with van der Waals surface area (Å²) in [5.74, 6) is -0.409. The van der Waals surface area contributed by atoms with E-state index in [2.05, 4.69) is 24.1 Å². The van der Waals surface area contributed by atoms with Crippen molar-refractivity contribution in [3.63, 3.8) is 0 Å². The van der Waals surface area contributed by atoms with E-state index >= 15 is 0 Å². The van der Waals surface area contributed by atoms with E-state index in [1.165, 1.54) is 6.07 Å². The lowest BCUT2D eigenvalue weighted by Crippen LogP contribution is -2.58. The van der Waals surface area contributed by atoms with Crippen molar-refractivity contribution in [2.75, 3.05) is 5.32 Å². The van der Waals surface area contributed by atoms with Gasteiger partial charge in [-0.05, 0) is 32.4 Å². The number of ether oxygens (including phenoxy) is 1. The summed E-state index contributed by atoms with van der Waals surface area (Å²) in [6.07, 6.45) is 1.35. The summed E-state index contributed by atoms with van der Waals surface area (Å²) >= 11 is 0. The Morgan fingerprint density at radius 1 is 1.50 bits per heavy atom. The van der Waals surface area contributed by atoms with Crippen LogP contribution in [0.2, 0.25) is 0 Å².